The van der Waals surface area contributed by atoms with Crippen LogP contribution in [-0.2, 0) is 0 Å². The molecular formula is C50H27N3S2. The van der Waals surface area contributed by atoms with E-state index in [0.29, 0.717) is 16.7 Å². The number of thiophene rings is 2. The van der Waals surface area contributed by atoms with Crippen LogP contribution in [0.2, 0.25) is 0 Å². The van der Waals surface area contributed by atoms with Gasteiger partial charge in [-0.05, 0) is 28.8 Å². The molecule has 0 saturated heterocycles. The molecule has 254 valence electrons. The molecular weight excluding hydrogens is 707 g/mol. The first-order valence-electron chi connectivity index (χ1n) is 18.1. The van der Waals surface area contributed by atoms with Crippen LogP contribution in [0.25, 0.3) is 101 Å². The first kappa shape index (κ1) is 31.5. The molecule has 0 aliphatic carbocycles. The number of aromatic nitrogens is 1. The predicted octanol–water partition coefficient (Wildman–Crippen LogP) is 14.3. The number of nitriles is 2. The van der Waals surface area contributed by atoms with Crippen molar-refractivity contribution in [2.24, 2.45) is 0 Å². The molecule has 0 aliphatic rings. The lowest BCUT2D eigenvalue weighted by molar-refractivity contribution is 1.18. The van der Waals surface area contributed by atoms with E-state index in [1.54, 1.807) is 22.7 Å². The highest BCUT2D eigenvalue weighted by molar-refractivity contribution is 7.27. The van der Waals surface area contributed by atoms with Gasteiger partial charge in [-0.25, -0.2) is 0 Å². The molecule has 0 fully saturated rings. The van der Waals surface area contributed by atoms with Crippen LogP contribution in [0.5, 0.6) is 0 Å². The summed E-state index contributed by atoms with van der Waals surface area (Å²) in [4.78, 5) is 0. The van der Waals surface area contributed by atoms with Crippen molar-refractivity contribution in [2.75, 3.05) is 0 Å². The number of rotatable bonds is 4. The third-order valence-corrected chi connectivity index (χ3v) is 13.3. The fraction of sp³-hybridized carbons (Fsp3) is 0. The van der Waals surface area contributed by atoms with E-state index in [4.69, 9.17) is 0 Å². The maximum atomic E-state index is 11.6. The van der Waals surface area contributed by atoms with Gasteiger partial charge in [0, 0.05) is 58.4 Å². The molecule has 11 rings (SSSR count). The topological polar surface area (TPSA) is 52.5 Å². The van der Waals surface area contributed by atoms with Crippen molar-refractivity contribution in [3.05, 3.63) is 175 Å². The van der Waals surface area contributed by atoms with Crippen LogP contribution < -0.4 is 0 Å². The summed E-state index contributed by atoms with van der Waals surface area (Å²) in [5, 5.41) is 30.0. The fourth-order valence-corrected chi connectivity index (χ4v) is 11.1. The summed E-state index contributed by atoms with van der Waals surface area (Å²) in [5.74, 6) is 0. The molecule has 0 N–H and O–H groups in total. The van der Waals surface area contributed by atoms with Gasteiger partial charge in [-0.1, -0.05) is 152 Å². The molecule has 3 nitrogen and oxygen atoms in total. The van der Waals surface area contributed by atoms with E-state index in [1.165, 1.54) is 40.3 Å². The summed E-state index contributed by atoms with van der Waals surface area (Å²) < 4.78 is 7.17. The van der Waals surface area contributed by atoms with Crippen LogP contribution >= 0.6 is 22.7 Å². The Labute approximate surface area is 324 Å². The summed E-state index contributed by atoms with van der Waals surface area (Å²) in [5.41, 5.74) is 8.85. The summed E-state index contributed by atoms with van der Waals surface area (Å²) >= 11 is 3.59. The summed E-state index contributed by atoms with van der Waals surface area (Å²) in [6, 6.07) is 62.1. The Bertz CT molecular complexity index is 3300. The van der Waals surface area contributed by atoms with Gasteiger partial charge in [0.1, 0.15) is 12.1 Å². The number of fused-ring (bicyclic) bond motifs is 11. The molecule has 0 aliphatic heterocycles. The Morgan fingerprint density at radius 1 is 0.364 bits per heavy atom. The van der Waals surface area contributed by atoms with Crippen molar-refractivity contribution < 1.29 is 0 Å². The second-order valence-corrected chi connectivity index (χ2v) is 15.9. The molecule has 8 aromatic carbocycles. The second-order valence-electron chi connectivity index (χ2n) is 13.8. The Balaban J connectivity index is 1.48. The van der Waals surface area contributed by atoms with Crippen LogP contribution in [0.3, 0.4) is 0 Å². The summed E-state index contributed by atoms with van der Waals surface area (Å²) in [6.45, 7) is 0. The Hall–Kier alpha value is -7.02. The minimum Gasteiger partial charge on any atom is -0.304 e. The highest BCUT2D eigenvalue weighted by Gasteiger charge is 2.31. The normalized spacial score (nSPS) is 11.6. The monoisotopic (exact) mass is 733 g/mol. The summed E-state index contributed by atoms with van der Waals surface area (Å²) in [7, 11) is 0. The van der Waals surface area contributed by atoms with Crippen LogP contribution in [-0.4, -0.2) is 4.57 Å². The van der Waals surface area contributed by atoms with Crippen molar-refractivity contribution in [3.8, 4) is 51.2 Å². The molecule has 0 saturated carbocycles. The Morgan fingerprint density at radius 2 is 0.764 bits per heavy atom. The molecule has 0 bridgehead atoms. The summed E-state index contributed by atoms with van der Waals surface area (Å²) in [6.07, 6.45) is 0. The molecule has 0 radical (unpaired) electrons. The van der Waals surface area contributed by atoms with Crippen molar-refractivity contribution in [1.29, 1.82) is 10.5 Å². The highest BCUT2D eigenvalue weighted by Crippen LogP contribution is 2.52. The zero-order valence-corrected chi connectivity index (χ0v) is 30.9. The Kier molecular flexibility index (Phi) is 7.03. The van der Waals surface area contributed by atoms with Crippen LogP contribution in [0, 0.1) is 22.7 Å². The first-order chi connectivity index (χ1) is 27.2. The SMILES string of the molecule is N#Cc1c(-c2ccccc2)c(C#N)c(-n2c3c(ccc4c5ccccc5sc43)c3ccc4c5ccccc5sc4c32)c(-c2ccccc2)c1-c1ccccc1. The number of nitrogens with zero attached hydrogens (tertiary/aromatic N) is 3. The van der Waals surface area contributed by atoms with Crippen molar-refractivity contribution in [2.45, 2.75) is 0 Å². The van der Waals surface area contributed by atoms with E-state index in [0.717, 1.165) is 55.3 Å². The molecule has 55 heavy (non-hydrogen) atoms. The minimum absolute atomic E-state index is 0.469. The van der Waals surface area contributed by atoms with Gasteiger partial charge in [0.2, 0.25) is 0 Å². The van der Waals surface area contributed by atoms with Gasteiger partial charge in [0.25, 0.3) is 0 Å². The lowest BCUT2D eigenvalue weighted by Crippen LogP contribution is -2.07. The standard InChI is InChI=1S/C50H27N3S2/c51-28-39-43(30-14-4-1-5-15-30)40(29-52)46(45(32-18-8-3-9-19-32)44(39)31-16-6-2-7-17-31)53-47-35(24-26-37-33-20-10-12-22-41(33)54-49(37)47)36-25-27-38-34-21-11-13-23-42(34)55-50(38)48(36)53/h1-27H. The van der Waals surface area contributed by atoms with E-state index < -0.39 is 0 Å². The zero-order valence-electron chi connectivity index (χ0n) is 29.2. The van der Waals surface area contributed by atoms with Crippen LogP contribution in [0.1, 0.15) is 11.1 Å². The predicted molar refractivity (Wildman–Crippen MR) is 232 cm³/mol. The highest BCUT2D eigenvalue weighted by atomic mass is 32.1. The molecule has 0 amide bonds. The van der Waals surface area contributed by atoms with E-state index in [-0.39, 0.29) is 0 Å². The maximum Gasteiger partial charge on any atom is 0.102 e. The van der Waals surface area contributed by atoms with Gasteiger partial charge in [0.05, 0.1) is 37.2 Å². The van der Waals surface area contributed by atoms with Gasteiger partial charge in [-0.15, -0.1) is 22.7 Å². The van der Waals surface area contributed by atoms with Crippen LogP contribution in [0.15, 0.2) is 164 Å². The van der Waals surface area contributed by atoms with Gasteiger partial charge >= 0.3 is 0 Å². The molecule has 3 aromatic heterocycles. The van der Waals surface area contributed by atoms with Crippen molar-refractivity contribution in [3.63, 3.8) is 0 Å². The van der Waals surface area contributed by atoms with E-state index in [9.17, 15) is 10.5 Å². The lowest BCUT2D eigenvalue weighted by atomic mass is 9.81. The quantitative estimate of drug-likeness (QED) is 0.181. The Morgan fingerprint density at radius 3 is 1.24 bits per heavy atom. The molecule has 0 atom stereocenters. The number of hydrogen-bond acceptors (Lipinski definition) is 4. The van der Waals surface area contributed by atoms with E-state index in [1.807, 2.05) is 66.7 Å². The third kappa shape index (κ3) is 4.52. The largest absolute Gasteiger partial charge is 0.304 e. The van der Waals surface area contributed by atoms with Gasteiger partial charge in [0.15, 0.2) is 0 Å². The minimum atomic E-state index is 0.469. The van der Waals surface area contributed by atoms with E-state index >= 15 is 0 Å². The van der Waals surface area contributed by atoms with E-state index in [2.05, 4.69) is 114 Å². The van der Waals surface area contributed by atoms with Gasteiger partial charge in [-0.2, -0.15) is 10.5 Å². The van der Waals surface area contributed by atoms with Crippen molar-refractivity contribution >= 4 is 84.8 Å². The second kappa shape index (κ2) is 12.3. The molecule has 11 aromatic rings. The zero-order chi connectivity index (χ0) is 36.6. The molecule has 3 heterocycles. The molecule has 5 heteroatoms. The molecule has 0 spiro atoms. The average molecular weight is 734 g/mol. The smallest absolute Gasteiger partial charge is 0.102 e. The first-order valence-corrected chi connectivity index (χ1v) is 19.8. The van der Waals surface area contributed by atoms with Crippen molar-refractivity contribution in [1.82, 2.24) is 4.57 Å². The van der Waals surface area contributed by atoms with Gasteiger partial charge in [-0.3, -0.25) is 0 Å². The lowest BCUT2D eigenvalue weighted by Gasteiger charge is -2.24. The average Bonchev–Trinajstić information content (AvgIpc) is 3.93. The fourth-order valence-electron chi connectivity index (χ4n) is 8.62. The number of benzene rings is 8. The van der Waals surface area contributed by atoms with Gasteiger partial charge < -0.3 is 4.57 Å². The van der Waals surface area contributed by atoms with Crippen LogP contribution in [0.4, 0.5) is 0 Å². The maximum absolute atomic E-state index is 11.6. The third-order valence-electron chi connectivity index (χ3n) is 10.9. The number of hydrogen-bond donors (Lipinski definition) is 0. The molecule has 0 unspecified atom stereocenters.